The predicted molar refractivity (Wildman–Crippen MR) is 207 cm³/mol. The molecule has 8 aromatic carbocycles. The zero-order chi connectivity index (χ0) is 31.3. The molecule has 1 heteroatoms. The average molecular weight is 619 g/mol. The van der Waals surface area contributed by atoms with E-state index in [4.69, 9.17) is 0 Å². The highest BCUT2D eigenvalue weighted by Crippen LogP contribution is 2.48. The third kappa shape index (κ3) is 4.65. The second-order valence-electron chi connectivity index (χ2n) is 12.7. The molecule has 0 N–H and O–H groups in total. The number of thiophene rings is 1. The van der Waals surface area contributed by atoms with Gasteiger partial charge in [0, 0.05) is 25.7 Å². The van der Waals surface area contributed by atoms with Gasteiger partial charge >= 0.3 is 0 Å². The molecule has 0 aliphatic carbocycles. The zero-order valence-corrected chi connectivity index (χ0v) is 27.3. The third-order valence-corrected chi connectivity index (χ3v) is 11.1. The van der Waals surface area contributed by atoms with E-state index in [2.05, 4.69) is 159 Å². The summed E-state index contributed by atoms with van der Waals surface area (Å²) in [7, 11) is 0. The van der Waals surface area contributed by atoms with Crippen LogP contribution in [0, 0.1) is 0 Å². The number of unbranched alkanes of at least 4 members (excludes halogenated alkanes) is 1. The summed E-state index contributed by atoms with van der Waals surface area (Å²) < 4.78 is 2.73. The second kappa shape index (κ2) is 11.5. The van der Waals surface area contributed by atoms with Crippen molar-refractivity contribution >= 4 is 63.8 Å². The summed E-state index contributed by atoms with van der Waals surface area (Å²) in [6, 6.07) is 56.5. The maximum absolute atomic E-state index is 2.44. The van der Waals surface area contributed by atoms with Gasteiger partial charge < -0.3 is 0 Å². The van der Waals surface area contributed by atoms with E-state index >= 15 is 0 Å². The molecule has 0 spiro atoms. The molecule has 9 aromatic rings. The van der Waals surface area contributed by atoms with Crippen LogP contribution in [0.5, 0.6) is 0 Å². The Kier molecular flexibility index (Phi) is 6.87. The van der Waals surface area contributed by atoms with Crippen LogP contribution in [0.2, 0.25) is 0 Å². The summed E-state index contributed by atoms with van der Waals surface area (Å²) in [5.74, 6) is 0. The van der Waals surface area contributed by atoms with Crippen LogP contribution in [0.25, 0.3) is 85.9 Å². The van der Waals surface area contributed by atoms with Crippen molar-refractivity contribution < 1.29 is 0 Å². The SMILES string of the molecule is CCCCc1ccc2sc3c(-c4c5ccccc5c(-c5cccc6ccc(-c7ccccc7)cc56)c5ccccc45)cccc3c2c1. The summed E-state index contributed by atoms with van der Waals surface area (Å²) >= 11 is 1.93. The lowest BCUT2D eigenvalue weighted by molar-refractivity contribution is 0.796. The minimum atomic E-state index is 1.14. The minimum absolute atomic E-state index is 1.14. The summed E-state index contributed by atoms with van der Waals surface area (Å²) in [5.41, 5.74) is 9.15. The monoisotopic (exact) mass is 618 g/mol. The minimum Gasteiger partial charge on any atom is -0.135 e. The normalized spacial score (nSPS) is 11.8. The molecular formula is C46H34S. The fourth-order valence-corrected chi connectivity index (χ4v) is 8.79. The Morgan fingerprint density at radius 1 is 0.447 bits per heavy atom. The van der Waals surface area contributed by atoms with Gasteiger partial charge in [0.25, 0.3) is 0 Å². The number of fused-ring (bicyclic) bond motifs is 6. The quantitative estimate of drug-likeness (QED) is 0.163. The topological polar surface area (TPSA) is 0 Å². The van der Waals surface area contributed by atoms with Crippen molar-refractivity contribution in [1.82, 2.24) is 0 Å². The van der Waals surface area contributed by atoms with Crippen LogP contribution in [0.15, 0.2) is 152 Å². The molecule has 1 aromatic heterocycles. The second-order valence-corrected chi connectivity index (χ2v) is 13.7. The Morgan fingerprint density at radius 2 is 1.09 bits per heavy atom. The van der Waals surface area contributed by atoms with Crippen molar-refractivity contribution in [3.63, 3.8) is 0 Å². The van der Waals surface area contributed by atoms with E-state index in [1.165, 1.54) is 104 Å². The van der Waals surface area contributed by atoms with E-state index in [0.717, 1.165) is 6.42 Å². The first-order valence-corrected chi connectivity index (χ1v) is 17.6. The van der Waals surface area contributed by atoms with Crippen molar-refractivity contribution in [2.45, 2.75) is 26.2 Å². The van der Waals surface area contributed by atoms with Gasteiger partial charge in [-0.25, -0.2) is 0 Å². The van der Waals surface area contributed by atoms with Crippen LogP contribution in [0.4, 0.5) is 0 Å². The number of rotatable bonds is 6. The fraction of sp³-hybridized carbons (Fsp3) is 0.0870. The summed E-state index contributed by atoms with van der Waals surface area (Å²) in [6.07, 6.45) is 3.59. The average Bonchev–Trinajstić information content (AvgIpc) is 3.51. The van der Waals surface area contributed by atoms with Crippen LogP contribution < -0.4 is 0 Å². The molecule has 0 radical (unpaired) electrons. The molecule has 0 saturated carbocycles. The maximum Gasteiger partial charge on any atom is 0.0434 e. The van der Waals surface area contributed by atoms with E-state index in [1.807, 2.05) is 11.3 Å². The highest BCUT2D eigenvalue weighted by molar-refractivity contribution is 7.26. The number of benzene rings is 8. The molecular weight excluding hydrogens is 585 g/mol. The number of aryl methyl sites for hydroxylation is 1. The molecule has 0 aliphatic heterocycles. The van der Waals surface area contributed by atoms with Crippen LogP contribution in [0.1, 0.15) is 25.3 Å². The van der Waals surface area contributed by atoms with E-state index < -0.39 is 0 Å². The summed E-state index contributed by atoms with van der Waals surface area (Å²) in [5, 5.41) is 10.5. The van der Waals surface area contributed by atoms with Crippen LogP contribution >= 0.6 is 11.3 Å². The smallest absolute Gasteiger partial charge is 0.0434 e. The first kappa shape index (κ1) is 28.0. The van der Waals surface area contributed by atoms with Gasteiger partial charge in [-0.3, -0.25) is 0 Å². The maximum atomic E-state index is 2.44. The summed E-state index contributed by atoms with van der Waals surface area (Å²) in [4.78, 5) is 0. The van der Waals surface area contributed by atoms with Gasteiger partial charge in [-0.05, 0) is 96.7 Å². The standard InChI is InChI=1S/C46H34S/c1-2-3-13-30-24-27-43-42(28-30)39-22-12-23-40(46(39)47-43)45-36-19-9-7-17-34(36)44(35-18-8-10-20-37(35)45)38-21-11-16-32-25-26-33(29-41(32)38)31-14-5-4-6-15-31/h4-12,14-29H,2-3,13H2,1H3. The Labute approximate surface area is 279 Å². The van der Waals surface area contributed by atoms with E-state index in [0.29, 0.717) is 0 Å². The lowest BCUT2D eigenvalue weighted by Crippen LogP contribution is -1.92. The van der Waals surface area contributed by atoms with Crippen LogP contribution in [-0.2, 0) is 6.42 Å². The zero-order valence-electron chi connectivity index (χ0n) is 26.5. The van der Waals surface area contributed by atoms with Gasteiger partial charge in [0.2, 0.25) is 0 Å². The molecule has 9 rings (SSSR count). The van der Waals surface area contributed by atoms with Crippen molar-refractivity contribution in [3.8, 4) is 33.4 Å². The molecule has 0 atom stereocenters. The highest BCUT2D eigenvalue weighted by atomic mass is 32.1. The van der Waals surface area contributed by atoms with Gasteiger partial charge in [-0.15, -0.1) is 11.3 Å². The first-order chi connectivity index (χ1) is 23.3. The Hall–Kier alpha value is -5.24. The Balaban J connectivity index is 1.34. The van der Waals surface area contributed by atoms with Crippen molar-refractivity contribution in [3.05, 3.63) is 157 Å². The molecule has 0 amide bonds. The highest BCUT2D eigenvalue weighted by Gasteiger charge is 2.20. The van der Waals surface area contributed by atoms with Crippen molar-refractivity contribution in [2.75, 3.05) is 0 Å². The van der Waals surface area contributed by atoms with Crippen molar-refractivity contribution in [2.24, 2.45) is 0 Å². The van der Waals surface area contributed by atoms with Gasteiger partial charge in [-0.1, -0.05) is 147 Å². The molecule has 1 heterocycles. The Bertz CT molecular complexity index is 2550. The van der Waals surface area contributed by atoms with Gasteiger partial charge in [0.05, 0.1) is 0 Å². The lowest BCUT2D eigenvalue weighted by atomic mass is 9.84. The third-order valence-electron chi connectivity index (χ3n) is 9.84. The van der Waals surface area contributed by atoms with E-state index in [-0.39, 0.29) is 0 Å². The van der Waals surface area contributed by atoms with E-state index in [1.54, 1.807) is 0 Å². The van der Waals surface area contributed by atoms with E-state index in [9.17, 15) is 0 Å². The van der Waals surface area contributed by atoms with Gasteiger partial charge in [0.15, 0.2) is 0 Å². The number of hydrogen-bond acceptors (Lipinski definition) is 1. The lowest BCUT2D eigenvalue weighted by Gasteiger charge is -2.19. The number of hydrogen-bond donors (Lipinski definition) is 0. The molecule has 0 unspecified atom stereocenters. The van der Waals surface area contributed by atoms with Crippen molar-refractivity contribution in [1.29, 1.82) is 0 Å². The molecule has 0 saturated heterocycles. The molecule has 47 heavy (non-hydrogen) atoms. The molecule has 0 bridgehead atoms. The van der Waals surface area contributed by atoms with Crippen LogP contribution in [0.3, 0.4) is 0 Å². The molecule has 0 fully saturated rings. The predicted octanol–water partition coefficient (Wildman–Crippen LogP) is 13.9. The van der Waals surface area contributed by atoms with Gasteiger partial charge in [-0.2, -0.15) is 0 Å². The molecule has 0 aliphatic rings. The molecule has 224 valence electrons. The Morgan fingerprint density at radius 3 is 1.81 bits per heavy atom. The summed E-state index contributed by atoms with van der Waals surface area (Å²) in [6.45, 7) is 2.27. The first-order valence-electron chi connectivity index (χ1n) is 16.7. The fourth-order valence-electron chi connectivity index (χ4n) is 7.59. The van der Waals surface area contributed by atoms with Crippen LogP contribution in [-0.4, -0.2) is 0 Å². The van der Waals surface area contributed by atoms with Gasteiger partial charge in [0.1, 0.15) is 0 Å². The molecule has 0 nitrogen and oxygen atoms in total. The largest absolute Gasteiger partial charge is 0.135 e.